The molecule has 1 aromatic heterocycles. The minimum absolute atomic E-state index is 0.0299. The number of allylic oxidation sites excluding steroid dienone is 1. The SMILES string of the molecule is Cc1noc(C)c1C1=CC(C(c2ccccc2)C2CCC(F)(F)CC2)N=C1. The summed E-state index contributed by atoms with van der Waals surface area (Å²) >= 11 is 0. The molecular formula is C22H24F2N2O. The van der Waals surface area contributed by atoms with E-state index in [0.717, 1.165) is 22.6 Å². The Bertz CT molecular complexity index is 840. The summed E-state index contributed by atoms with van der Waals surface area (Å²) in [5, 5.41) is 4.03. The van der Waals surface area contributed by atoms with Gasteiger partial charge < -0.3 is 4.52 Å². The van der Waals surface area contributed by atoms with E-state index in [0.29, 0.717) is 12.8 Å². The van der Waals surface area contributed by atoms with Crippen LogP contribution in [0.15, 0.2) is 45.9 Å². The summed E-state index contributed by atoms with van der Waals surface area (Å²) in [5.74, 6) is -1.43. The second-order valence-corrected chi connectivity index (χ2v) is 7.72. The van der Waals surface area contributed by atoms with Crippen LogP contribution in [0.25, 0.3) is 5.57 Å². The molecular weight excluding hydrogens is 346 g/mol. The van der Waals surface area contributed by atoms with Gasteiger partial charge in [-0.2, -0.15) is 0 Å². The Labute approximate surface area is 158 Å². The van der Waals surface area contributed by atoms with Crippen molar-refractivity contribution >= 4 is 11.8 Å². The molecule has 2 aliphatic rings. The zero-order chi connectivity index (χ0) is 19.0. The second-order valence-electron chi connectivity index (χ2n) is 7.72. The van der Waals surface area contributed by atoms with E-state index in [1.807, 2.05) is 38.3 Å². The molecule has 5 heteroatoms. The number of hydrogen-bond donors (Lipinski definition) is 0. The third kappa shape index (κ3) is 3.60. The van der Waals surface area contributed by atoms with E-state index in [4.69, 9.17) is 9.52 Å². The third-order valence-corrected chi connectivity index (χ3v) is 5.88. The highest BCUT2D eigenvalue weighted by molar-refractivity contribution is 6.12. The molecule has 142 valence electrons. The molecule has 2 heterocycles. The molecule has 4 rings (SSSR count). The number of halogens is 2. The number of aromatic nitrogens is 1. The van der Waals surface area contributed by atoms with Crippen molar-refractivity contribution in [3.05, 3.63) is 59.0 Å². The lowest BCUT2D eigenvalue weighted by atomic mass is 9.72. The van der Waals surface area contributed by atoms with Crippen molar-refractivity contribution in [2.45, 2.75) is 57.4 Å². The number of rotatable bonds is 4. The number of benzene rings is 1. The summed E-state index contributed by atoms with van der Waals surface area (Å²) in [6.45, 7) is 3.82. The van der Waals surface area contributed by atoms with E-state index >= 15 is 0 Å². The smallest absolute Gasteiger partial charge is 0.248 e. The Balaban J connectivity index is 1.65. The van der Waals surface area contributed by atoms with E-state index in [2.05, 4.69) is 23.4 Å². The molecule has 0 amide bonds. The third-order valence-electron chi connectivity index (χ3n) is 5.88. The molecule has 0 spiro atoms. The van der Waals surface area contributed by atoms with Crippen LogP contribution in [0.4, 0.5) is 8.78 Å². The number of aliphatic imine (C=N–C) groups is 1. The zero-order valence-corrected chi connectivity index (χ0v) is 15.7. The molecule has 1 aliphatic carbocycles. The highest BCUT2D eigenvalue weighted by Gasteiger charge is 2.40. The Morgan fingerprint density at radius 3 is 2.44 bits per heavy atom. The van der Waals surface area contributed by atoms with Gasteiger partial charge in [-0.3, -0.25) is 4.99 Å². The molecule has 2 aromatic rings. The average Bonchev–Trinajstić information content (AvgIpc) is 3.24. The van der Waals surface area contributed by atoms with Gasteiger partial charge in [-0.15, -0.1) is 0 Å². The summed E-state index contributed by atoms with van der Waals surface area (Å²) in [6, 6.07) is 10.1. The molecule has 2 atom stereocenters. The van der Waals surface area contributed by atoms with Crippen LogP contribution >= 0.6 is 0 Å². The maximum atomic E-state index is 13.7. The first kappa shape index (κ1) is 18.1. The summed E-state index contributed by atoms with van der Waals surface area (Å²) < 4.78 is 32.7. The van der Waals surface area contributed by atoms with Crippen molar-refractivity contribution in [2.75, 3.05) is 0 Å². The predicted octanol–water partition coefficient (Wildman–Crippen LogP) is 5.74. The van der Waals surface area contributed by atoms with E-state index in [-0.39, 0.29) is 30.7 Å². The first-order valence-electron chi connectivity index (χ1n) is 9.55. The van der Waals surface area contributed by atoms with Crippen LogP contribution in [-0.2, 0) is 0 Å². The Morgan fingerprint density at radius 1 is 1.11 bits per heavy atom. The van der Waals surface area contributed by atoms with Crippen molar-refractivity contribution in [1.82, 2.24) is 5.16 Å². The van der Waals surface area contributed by atoms with Gasteiger partial charge in [0.2, 0.25) is 5.92 Å². The lowest BCUT2D eigenvalue weighted by Gasteiger charge is -2.35. The minimum atomic E-state index is -2.52. The standard InChI is InChI=1S/C22H24F2N2O/c1-14-20(15(2)27-26-14)18-12-19(25-13-18)21(16-6-4-3-5-7-16)17-8-10-22(23,24)11-9-17/h3-7,12-13,17,19,21H,8-11H2,1-2H3. The quantitative estimate of drug-likeness (QED) is 0.688. The van der Waals surface area contributed by atoms with E-state index in [1.54, 1.807) is 0 Å². The maximum absolute atomic E-state index is 13.7. The van der Waals surface area contributed by atoms with Crippen molar-refractivity contribution in [3.63, 3.8) is 0 Å². The second kappa shape index (κ2) is 7.02. The number of hydrogen-bond acceptors (Lipinski definition) is 3. The van der Waals surface area contributed by atoms with Gasteiger partial charge in [0.25, 0.3) is 0 Å². The fourth-order valence-electron chi connectivity index (χ4n) is 4.52. The van der Waals surface area contributed by atoms with Crippen LogP contribution in [0.3, 0.4) is 0 Å². The lowest BCUT2D eigenvalue weighted by molar-refractivity contribution is -0.0489. The average molecular weight is 370 g/mol. The van der Waals surface area contributed by atoms with Gasteiger partial charge in [0, 0.05) is 36.1 Å². The Morgan fingerprint density at radius 2 is 1.81 bits per heavy atom. The number of nitrogens with zero attached hydrogens (tertiary/aromatic N) is 2. The van der Waals surface area contributed by atoms with Crippen LogP contribution in [0.1, 0.15) is 54.2 Å². The van der Waals surface area contributed by atoms with Gasteiger partial charge >= 0.3 is 0 Å². The summed E-state index contributed by atoms with van der Waals surface area (Å²) in [6.07, 6.45) is 5.04. The van der Waals surface area contributed by atoms with Gasteiger partial charge in [0.1, 0.15) is 5.76 Å². The molecule has 1 aromatic carbocycles. The van der Waals surface area contributed by atoms with Crippen LogP contribution in [-0.4, -0.2) is 23.3 Å². The highest BCUT2D eigenvalue weighted by Crippen LogP contribution is 2.45. The normalized spacial score (nSPS) is 23.4. The predicted molar refractivity (Wildman–Crippen MR) is 102 cm³/mol. The molecule has 0 N–H and O–H groups in total. The van der Waals surface area contributed by atoms with Crippen molar-refractivity contribution < 1.29 is 13.3 Å². The number of alkyl halides is 2. The minimum Gasteiger partial charge on any atom is -0.361 e. The number of aryl methyl sites for hydroxylation is 2. The molecule has 3 nitrogen and oxygen atoms in total. The highest BCUT2D eigenvalue weighted by atomic mass is 19.3. The van der Waals surface area contributed by atoms with Crippen LogP contribution in [0, 0.1) is 19.8 Å². The summed E-state index contributed by atoms with van der Waals surface area (Å²) in [7, 11) is 0. The van der Waals surface area contributed by atoms with Gasteiger partial charge in [-0.1, -0.05) is 35.5 Å². The molecule has 2 unspecified atom stereocenters. The van der Waals surface area contributed by atoms with E-state index < -0.39 is 5.92 Å². The first-order valence-corrected chi connectivity index (χ1v) is 9.55. The summed E-state index contributed by atoms with van der Waals surface area (Å²) in [4.78, 5) is 4.77. The first-order chi connectivity index (χ1) is 12.9. The molecule has 1 saturated carbocycles. The fraction of sp³-hybridized carbons (Fsp3) is 0.455. The van der Waals surface area contributed by atoms with Gasteiger partial charge in [-0.05, 0) is 44.2 Å². The Kier molecular flexibility index (Phi) is 4.70. The van der Waals surface area contributed by atoms with Gasteiger partial charge in [0.05, 0.1) is 11.7 Å². The molecule has 0 radical (unpaired) electrons. The van der Waals surface area contributed by atoms with Crippen LogP contribution in [0.5, 0.6) is 0 Å². The molecule has 1 aliphatic heterocycles. The van der Waals surface area contributed by atoms with E-state index in [1.165, 1.54) is 5.56 Å². The molecule has 0 bridgehead atoms. The van der Waals surface area contributed by atoms with Crippen LogP contribution in [0.2, 0.25) is 0 Å². The van der Waals surface area contributed by atoms with Crippen molar-refractivity contribution in [3.8, 4) is 0 Å². The zero-order valence-electron chi connectivity index (χ0n) is 15.7. The van der Waals surface area contributed by atoms with Gasteiger partial charge in [-0.25, -0.2) is 8.78 Å². The largest absolute Gasteiger partial charge is 0.361 e. The topological polar surface area (TPSA) is 38.4 Å². The maximum Gasteiger partial charge on any atom is 0.248 e. The molecule has 1 fully saturated rings. The fourth-order valence-corrected chi connectivity index (χ4v) is 4.52. The summed E-state index contributed by atoms with van der Waals surface area (Å²) in [5.41, 5.74) is 4.02. The van der Waals surface area contributed by atoms with E-state index in [9.17, 15) is 8.78 Å². The monoisotopic (exact) mass is 370 g/mol. The molecule has 0 saturated heterocycles. The van der Waals surface area contributed by atoms with Gasteiger partial charge in [0.15, 0.2) is 0 Å². The van der Waals surface area contributed by atoms with Crippen LogP contribution < -0.4 is 0 Å². The Hall–Kier alpha value is -2.30. The van der Waals surface area contributed by atoms with Crippen molar-refractivity contribution in [1.29, 1.82) is 0 Å². The lowest BCUT2D eigenvalue weighted by Crippen LogP contribution is -2.31. The van der Waals surface area contributed by atoms with Crippen molar-refractivity contribution in [2.24, 2.45) is 10.9 Å². The molecule has 27 heavy (non-hydrogen) atoms.